The third-order valence-electron chi connectivity index (χ3n) is 3.57. The average molecular weight is 241 g/mol. The van der Waals surface area contributed by atoms with E-state index < -0.39 is 5.72 Å². The third kappa shape index (κ3) is 1.81. The summed E-state index contributed by atoms with van der Waals surface area (Å²) in [6.45, 7) is 2.45. The van der Waals surface area contributed by atoms with Crippen LogP contribution in [-0.2, 0) is 10.5 Å². The average Bonchev–Trinajstić information content (AvgIpc) is 2.47. The lowest BCUT2D eigenvalue weighted by atomic mass is 9.94. The van der Waals surface area contributed by atoms with Gasteiger partial charge in [-0.2, -0.15) is 0 Å². The van der Waals surface area contributed by atoms with E-state index in [2.05, 4.69) is 47.8 Å². The summed E-state index contributed by atoms with van der Waals surface area (Å²) < 4.78 is 5.74. The molecule has 93 valence electrons. The number of ether oxygens (including phenoxy) is 1. The van der Waals surface area contributed by atoms with Crippen LogP contribution in [0, 0.1) is 0 Å². The van der Waals surface area contributed by atoms with Crippen molar-refractivity contribution in [3.8, 4) is 0 Å². The van der Waals surface area contributed by atoms with E-state index in [0.29, 0.717) is 0 Å². The monoisotopic (exact) mass is 241 g/mol. The molecule has 1 unspecified atom stereocenters. The van der Waals surface area contributed by atoms with Crippen molar-refractivity contribution in [3.05, 3.63) is 48.0 Å². The minimum Gasteiger partial charge on any atom is -0.357 e. The highest BCUT2D eigenvalue weighted by Crippen LogP contribution is 2.30. The standard InChI is InChI=1S/C15H17N2O/c1-18-15(11-16-9-10-17-15)14-8-4-6-12-5-2-3-7-13(12)14/h2-8,16H,9-11H2,1H3. The van der Waals surface area contributed by atoms with Gasteiger partial charge in [0, 0.05) is 32.3 Å². The molecule has 0 spiro atoms. The summed E-state index contributed by atoms with van der Waals surface area (Å²) in [6, 6.07) is 14.7. The number of rotatable bonds is 2. The molecule has 1 saturated heterocycles. The second-order valence-electron chi connectivity index (χ2n) is 4.57. The van der Waals surface area contributed by atoms with Crippen LogP contribution in [0.25, 0.3) is 10.8 Å². The van der Waals surface area contributed by atoms with E-state index in [4.69, 9.17) is 10.1 Å². The van der Waals surface area contributed by atoms with E-state index in [1.54, 1.807) is 7.11 Å². The van der Waals surface area contributed by atoms with Gasteiger partial charge in [0.1, 0.15) is 0 Å². The lowest BCUT2D eigenvalue weighted by molar-refractivity contribution is -0.0560. The van der Waals surface area contributed by atoms with Crippen LogP contribution in [0.2, 0.25) is 0 Å². The number of nitrogens with one attached hydrogen (secondary N) is 1. The van der Waals surface area contributed by atoms with E-state index in [9.17, 15) is 0 Å². The van der Waals surface area contributed by atoms with Gasteiger partial charge in [-0.25, -0.2) is 5.32 Å². The Morgan fingerprint density at radius 3 is 2.78 bits per heavy atom. The van der Waals surface area contributed by atoms with Gasteiger partial charge < -0.3 is 10.1 Å². The van der Waals surface area contributed by atoms with Crippen molar-refractivity contribution >= 4 is 10.8 Å². The third-order valence-corrected chi connectivity index (χ3v) is 3.57. The van der Waals surface area contributed by atoms with Crippen molar-refractivity contribution in [3.63, 3.8) is 0 Å². The van der Waals surface area contributed by atoms with Crippen LogP contribution in [0.15, 0.2) is 42.5 Å². The summed E-state index contributed by atoms with van der Waals surface area (Å²) in [4.78, 5) is 0. The molecule has 18 heavy (non-hydrogen) atoms. The number of fused-ring (bicyclic) bond motifs is 1. The summed E-state index contributed by atoms with van der Waals surface area (Å²) in [7, 11) is 1.73. The second-order valence-corrected chi connectivity index (χ2v) is 4.57. The molecular weight excluding hydrogens is 224 g/mol. The van der Waals surface area contributed by atoms with Crippen molar-refractivity contribution < 1.29 is 4.74 Å². The van der Waals surface area contributed by atoms with E-state index in [1.807, 2.05) is 0 Å². The van der Waals surface area contributed by atoms with Gasteiger partial charge in [0.2, 0.25) is 0 Å². The largest absolute Gasteiger partial charge is 0.357 e. The predicted molar refractivity (Wildman–Crippen MR) is 72.5 cm³/mol. The van der Waals surface area contributed by atoms with Crippen LogP contribution >= 0.6 is 0 Å². The first kappa shape index (κ1) is 11.7. The Balaban J connectivity index is 2.17. The van der Waals surface area contributed by atoms with Gasteiger partial charge in [0.15, 0.2) is 5.72 Å². The maximum atomic E-state index is 5.74. The topological polar surface area (TPSA) is 35.4 Å². The fraction of sp³-hybridized carbons (Fsp3) is 0.333. The van der Waals surface area contributed by atoms with E-state index in [-0.39, 0.29) is 0 Å². The lowest BCUT2D eigenvalue weighted by Gasteiger charge is -2.37. The molecule has 1 N–H and O–H groups in total. The fourth-order valence-electron chi connectivity index (χ4n) is 2.62. The van der Waals surface area contributed by atoms with Crippen molar-refractivity contribution in [2.75, 3.05) is 26.7 Å². The Morgan fingerprint density at radius 1 is 1.17 bits per heavy atom. The number of benzene rings is 2. The Hall–Kier alpha value is -1.42. The Labute approximate surface area is 107 Å². The minimum atomic E-state index is -0.543. The normalized spacial score (nSPS) is 24.3. The van der Waals surface area contributed by atoms with Gasteiger partial charge in [-0.3, -0.25) is 0 Å². The molecular formula is C15H17N2O. The van der Waals surface area contributed by atoms with Gasteiger partial charge in [0.25, 0.3) is 0 Å². The molecule has 1 heterocycles. The summed E-state index contributed by atoms with van der Waals surface area (Å²) in [5.74, 6) is 0. The molecule has 0 aliphatic carbocycles. The van der Waals surface area contributed by atoms with Gasteiger partial charge in [-0.05, 0) is 10.8 Å². The Morgan fingerprint density at radius 2 is 2.00 bits per heavy atom. The van der Waals surface area contributed by atoms with Gasteiger partial charge in [-0.15, -0.1) is 0 Å². The molecule has 3 rings (SSSR count). The van der Waals surface area contributed by atoms with Crippen LogP contribution in [-0.4, -0.2) is 26.7 Å². The second kappa shape index (κ2) is 4.69. The number of hydrogen-bond acceptors (Lipinski definition) is 2. The van der Waals surface area contributed by atoms with Crippen LogP contribution in [0.4, 0.5) is 0 Å². The van der Waals surface area contributed by atoms with Gasteiger partial charge >= 0.3 is 0 Å². The zero-order chi connectivity index (χ0) is 12.4. The molecule has 1 aliphatic rings. The molecule has 2 aromatic rings. The number of nitrogens with zero attached hydrogens (tertiary/aromatic N) is 1. The predicted octanol–water partition coefficient (Wildman–Crippen LogP) is 1.85. The van der Waals surface area contributed by atoms with Crippen molar-refractivity contribution in [1.82, 2.24) is 10.6 Å². The smallest absolute Gasteiger partial charge is 0.173 e. The van der Waals surface area contributed by atoms with Crippen LogP contribution in [0.5, 0.6) is 0 Å². The van der Waals surface area contributed by atoms with Crippen LogP contribution in [0.3, 0.4) is 0 Å². The first-order valence-corrected chi connectivity index (χ1v) is 6.28. The molecule has 0 bridgehead atoms. The molecule has 2 aromatic carbocycles. The maximum Gasteiger partial charge on any atom is 0.173 e. The highest BCUT2D eigenvalue weighted by Gasteiger charge is 2.36. The first-order chi connectivity index (χ1) is 8.86. The maximum absolute atomic E-state index is 5.74. The quantitative estimate of drug-likeness (QED) is 0.871. The first-order valence-electron chi connectivity index (χ1n) is 6.28. The SMILES string of the molecule is COC1(c2cccc3ccccc23)CNCC[N]1. The summed E-state index contributed by atoms with van der Waals surface area (Å²) in [5, 5.41) is 10.5. The van der Waals surface area contributed by atoms with E-state index in [0.717, 1.165) is 25.2 Å². The molecule has 0 saturated carbocycles. The molecule has 3 nitrogen and oxygen atoms in total. The molecule has 1 atom stereocenters. The number of methoxy groups -OCH3 is 1. The number of piperazine rings is 1. The van der Waals surface area contributed by atoms with Crippen molar-refractivity contribution in [1.29, 1.82) is 0 Å². The highest BCUT2D eigenvalue weighted by atomic mass is 16.5. The molecule has 0 amide bonds. The van der Waals surface area contributed by atoms with Gasteiger partial charge in [-0.1, -0.05) is 42.5 Å². The van der Waals surface area contributed by atoms with Crippen LogP contribution in [0.1, 0.15) is 5.56 Å². The molecule has 3 heteroatoms. The molecule has 0 aromatic heterocycles. The molecule has 1 radical (unpaired) electrons. The minimum absolute atomic E-state index is 0.543. The highest BCUT2D eigenvalue weighted by molar-refractivity contribution is 5.86. The summed E-state index contributed by atoms with van der Waals surface area (Å²) in [5.41, 5.74) is 0.606. The van der Waals surface area contributed by atoms with Crippen molar-refractivity contribution in [2.24, 2.45) is 0 Å². The Kier molecular flexibility index (Phi) is 3.04. The zero-order valence-corrected chi connectivity index (χ0v) is 10.5. The summed E-state index contributed by atoms with van der Waals surface area (Å²) >= 11 is 0. The van der Waals surface area contributed by atoms with Crippen molar-refractivity contribution in [2.45, 2.75) is 5.72 Å². The fourth-order valence-corrected chi connectivity index (χ4v) is 2.62. The van der Waals surface area contributed by atoms with E-state index >= 15 is 0 Å². The lowest BCUT2D eigenvalue weighted by Crippen LogP contribution is -2.54. The Bertz CT molecular complexity index is 542. The summed E-state index contributed by atoms with van der Waals surface area (Å²) in [6.07, 6.45) is 0. The van der Waals surface area contributed by atoms with Gasteiger partial charge in [0.05, 0.1) is 0 Å². The number of hydrogen-bond donors (Lipinski definition) is 1. The molecule has 1 fully saturated rings. The van der Waals surface area contributed by atoms with E-state index in [1.165, 1.54) is 10.8 Å². The zero-order valence-electron chi connectivity index (χ0n) is 10.5. The van der Waals surface area contributed by atoms with Crippen LogP contribution < -0.4 is 10.6 Å². The molecule has 1 aliphatic heterocycles.